The van der Waals surface area contributed by atoms with Crippen molar-refractivity contribution in [2.45, 2.75) is 38.2 Å². The van der Waals surface area contributed by atoms with Crippen molar-refractivity contribution >= 4 is 0 Å². The first-order valence-corrected chi connectivity index (χ1v) is 7.39. The zero-order valence-electron chi connectivity index (χ0n) is 11.7. The van der Waals surface area contributed by atoms with E-state index in [1.54, 1.807) is 0 Å². The molecular weight excluding hydrogens is 244 g/mol. The van der Waals surface area contributed by atoms with Gasteiger partial charge in [-0.05, 0) is 54.9 Å². The van der Waals surface area contributed by atoms with E-state index in [2.05, 4.69) is 42.8 Å². The van der Waals surface area contributed by atoms with Gasteiger partial charge in [0.1, 0.15) is 12.4 Å². The molecule has 1 aliphatic carbocycles. The monoisotopic (exact) mass is 264 g/mol. The lowest BCUT2D eigenvalue weighted by molar-refractivity contribution is 0.306. The summed E-state index contributed by atoms with van der Waals surface area (Å²) in [4.78, 5) is 0. The molecule has 1 saturated carbocycles. The van der Waals surface area contributed by atoms with Gasteiger partial charge in [0.25, 0.3) is 0 Å². The van der Waals surface area contributed by atoms with Crippen LogP contribution in [-0.2, 0) is 6.61 Å². The number of rotatable bonds is 4. The van der Waals surface area contributed by atoms with Crippen LogP contribution in [0.4, 0.5) is 0 Å². The number of ether oxygens (including phenoxy) is 1. The summed E-state index contributed by atoms with van der Waals surface area (Å²) in [5.41, 5.74) is 2.62. The van der Waals surface area contributed by atoms with E-state index in [9.17, 15) is 0 Å². The van der Waals surface area contributed by atoms with Crippen LogP contribution in [0.15, 0.2) is 54.6 Å². The molecule has 3 rings (SSSR count). The Balaban J connectivity index is 1.58. The fraction of sp³-hybridized carbons (Fsp3) is 0.316. The second-order valence-electron chi connectivity index (χ2n) is 5.39. The fourth-order valence-corrected chi connectivity index (χ4v) is 2.71. The number of hydrogen-bond acceptors (Lipinski definition) is 1. The Labute approximate surface area is 121 Å². The fourth-order valence-electron chi connectivity index (χ4n) is 2.71. The molecule has 0 amide bonds. The van der Waals surface area contributed by atoms with E-state index in [0.29, 0.717) is 12.5 Å². The summed E-state index contributed by atoms with van der Waals surface area (Å²) in [7, 11) is 0. The van der Waals surface area contributed by atoms with Crippen LogP contribution in [0.1, 0.15) is 42.7 Å². The van der Waals surface area contributed by atoms with Crippen LogP contribution in [0.3, 0.4) is 0 Å². The highest BCUT2D eigenvalue weighted by Crippen LogP contribution is 2.32. The van der Waals surface area contributed by atoms with Gasteiger partial charge in [0.05, 0.1) is 0 Å². The molecule has 2 aromatic carbocycles. The van der Waals surface area contributed by atoms with Crippen molar-refractivity contribution in [2.24, 2.45) is 0 Å². The Kier molecular flexibility index (Phi) is 4.37. The van der Waals surface area contributed by atoms with Gasteiger partial charge < -0.3 is 4.74 Å². The van der Waals surface area contributed by atoms with Crippen LogP contribution in [0.2, 0.25) is 0 Å². The maximum absolute atomic E-state index is 5.82. The molecule has 1 nitrogen and oxygen atoms in total. The normalized spacial score (nSPS) is 16.0. The minimum atomic E-state index is 0.630. The van der Waals surface area contributed by atoms with Gasteiger partial charge in [-0.25, -0.2) is 0 Å². The summed E-state index contributed by atoms with van der Waals surface area (Å²) in [6.07, 6.45) is 8.29. The zero-order valence-corrected chi connectivity index (χ0v) is 11.7. The Morgan fingerprint density at radius 2 is 1.80 bits per heavy atom. The second-order valence-corrected chi connectivity index (χ2v) is 5.39. The molecule has 0 spiro atoms. The molecule has 0 aromatic heterocycles. The summed E-state index contributed by atoms with van der Waals surface area (Å²) in [6, 6.07) is 18.9. The molecule has 0 N–H and O–H groups in total. The quantitative estimate of drug-likeness (QED) is 0.754. The first-order chi connectivity index (χ1) is 9.92. The van der Waals surface area contributed by atoms with Gasteiger partial charge in [-0.1, -0.05) is 48.9 Å². The maximum Gasteiger partial charge on any atom is 0.119 e. The van der Waals surface area contributed by atoms with Gasteiger partial charge in [0.2, 0.25) is 0 Å². The molecule has 2 radical (unpaired) electrons. The largest absolute Gasteiger partial charge is 0.489 e. The highest BCUT2D eigenvalue weighted by atomic mass is 16.5. The smallest absolute Gasteiger partial charge is 0.119 e. The first kappa shape index (κ1) is 13.2. The lowest BCUT2D eigenvalue weighted by Gasteiger charge is -2.21. The van der Waals surface area contributed by atoms with Gasteiger partial charge in [-0.3, -0.25) is 0 Å². The Morgan fingerprint density at radius 1 is 1.00 bits per heavy atom. The van der Waals surface area contributed by atoms with E-state index >= 15 is 0 Å². The molecule has 1 atom stereocenters. The van der Waals surface area contributed by atoms with Crippen molar-refractivity contribution in [2.75, 3.05) is 0 Å². The van der Waals surface area contributed by atoms with Crippen LogP contribution in [0, 0.1) is 6.42 Å². The van der Waals surface area contributed by atoms with Crippen molar-refractivity contribution in [3.8, 4) is 5.75 Å². The average Bonchev–Trinajstić information content (AvgIpc) is 2.55. The van der Waals surface area contributed by atoms with Crippen LogP contribution < -0.4 is 4.74 Å². The predicted octanol–water partition coefficient (Wildman–Crippen LogP) is 5.00. The van der Waals surface area contributed by atoms with Gasteiger partial charge in [-0.15, -0.1) is 0 Å². The van der Waals surface area contributed by atoms with Gasteiger partial charge >= 0.3 is 0 Å². The molecule has 1 fully saturated rings. The van der Waals surface area contributed by atoms with Crippen LogP contribution in [-0.4, -0.2) is 0 Å². The molecule has 1 aliphatic rings. The van der Waals surface area contributed by atoms with E-state index in [-0.39, 0.29) is 0 Å². The van der Waals surface area contributed by atoms with E-state index in [0.717, 1.165) is 18.6 Å². The minimum absolute atomic E-state index is 0.630. The van der Waals surface area contributed by atoms with Crippen molar-refractivity contribution in [3.05, 3.63) is 72.1 Å². The SMILES string of the molecule is [C]1CCCC(c2ccc(OCc3ccccc3)cc2)C1. The minimum Gasteiger partial charge on any atom is -0.489 e. The van der Waals surface area contributed by atoms with E-state index in [1.165, 1.54) is 24.0 Å². The summed E-state index contributed by atoms with van der Waals surface area (Å²) >= 11 is 0. The molecule has 102 valence electrons. The topological polar surface area (TPSA) is 9.23 Å². The van der Waals surface area contributed by atoms with Crippen LogP contribution in [0.25, 0.3) is 0 Å². The third-order valence-electron chi connectivity index (χ3n) is 3.90. The molecule has 2 aromatic rings. The van der Waals surface area contributed by atoms with Gasteiger partial charge in [-0.2, -0.15) is 0 Å². The van der Waals surface area contributed by atoms with E-state index in [4.69, 9.17) is 4.74 Å². The molecule has 0 bridgehead atoms. The second kappa shape index (κ2) is 6.60. The number of benzene rings is 2. The first-order valence-electron chi connectivity index (χ1n) is 7.39. The van der Waals surface area contributed by atoms with Gasteiger partial charge in [0.15, 0.2) is 0 Å². The maximum atomic E-state index is 5.82. The highest BCUT2D eigenvalue weighted by Gasteiger charge is 2.15. The standard InChI is InChI=1S/C19H20O/c1-3-7-16(8-4-1)15-20-19-13-11-18(12-14-19)17-9-5-2-6-10-17/h1,3-4,7-8,11-14,17H,2,5,9-10,15H2. The Hall–Kier alpha value is -1.76. The van der Waals surface area contributed by atoms with E-state index in [1.807, 2.05) is 18.2 Å². The molecule has 1 heteroatoms. The van der Waals surface area contributed by atoms with Crippen LogP contribution in [0.5, 0.6) is 5.75 Å². The van der Waals surface area contributed by atoms with Crippen molar-refractivity contribution in [1.29, 1.82) is 0 Å². The number of hydrogen-bond donors (Lipinski definition) is 0. The summed E-state index contributed by atoms with van der Waals surface area (Å²) in [6.45, 7) is 0.630. The van der Waals surface area contributed by atoms with E-state index < -0.39 is 0 Å². The summed E-state index contributed by atoms with van der Waals surface area (Å²) < 4.78 is 5.82. The van der Waals surface area contributed by atoms with Crippen molar-refractivity contribution in [1.82, 2.24) is 0 Å². The zero-order chi connectivity index (χ0) is 13.6. The average molecular weight is 264 g/mol. The predicted molar refractivity (Wildman–Crippen MR) is 81.7 cm³/mol. The van der Waals surface area contributed by atoms with Crippen LogP contribution >= 0.6 is 0 Å². The summed E-state index contributed by atoms with van der Waals surface area (Å²) in [5.74, 6) is 1.60. The molecule has 0 heterocycles. The molecular formula is C19H20O. The third-order valence-corrected chi connectivity index (χ3v) is 3.90. The molecule has 1 unspecified atom stereocenters. The third kappa shape index (κ3) is 3.41. The molecule has 20 heavy (non-hydrogen) atoms. The highest BCUT2D eigenvalue weighted by molar-refractivity contribution is 5.30. The molecule has 0 saturated heterocycles. The Bertz CT molecular complexity index is 509. The van der Waals surface area contributed by atoms with Crippen molar-refractivity contribution in [3.63, 3.8) is 0 Å². The molecule has 0 aliphatic heterocycles. The van der Waals surface area contributed by atoms with Gasteiger partial charge in [0, 0.05) is 0 Å². The Morgan fingerprint density at radius 3 is 2.50 bits per heavy atom. The lowest BCUT2D eigenvalue weighted by Crippen LogP contribution is -2.04. The lowest BCUT2D eigenvalue weighted by atomic mass is 9.84. The summed E-state index contributed by atoms with van der Waals surface area (Å²) in [5, 5.41) is 0. The van der Waals surface area contributed by atoms with Crippen molar-refractivity contribution < 1.29 is 4.74 Å².